The van der Waals surface area contributed by atoms with E-state index in [1.165, 1.54) is 0 Å². The van der Waals surface area contributed by atoms with Crippen LogP contribution in [0.25, 0.3) is 16.3 Å². The van der Waals surface area contributed by atoms with Gasteiger partial charge in [-0.2, -0.15) is 5.10 Å². The monoisotopic (exact) mass is 464 g/mol. The molecule has 2 aromatic heterocycles. The van der Waals surface area contributed by atoms with Gasteiger partial charge in [-0.3, -0.25) is 4.79 Å². The highest BCUT2D eigenvalue weighted by Crippen LogP contribution is 2.31. The Hall–Kier alpha value is -3.13. The van der Waals surface area contributed by atoms with Crippen LogP contribution in [0.15, 0.2) is 72.1 Å². The lowest BCUT2D eigenvalue weighted by molar-refractivity contribution is 0.101. The fourth-order valence-corrected chi connectivity index (χ4v) is 4.58. The van der Waals surface area contributed by atoms with Crippen LogP contribution in [-0.2, 0) is 4.74 Å². The molecule has 32 heavy (non-hydrogen) atoms. The summed E-state index contributed by atoms with van der Waals surface area (Å²) in [6.07, 6.45) is 0. The topological polar surface area (TPSA) is 59.4 Å². The summed E-state index contributed by atoms with van der Waals surface area (Å²) in [4.78, 5) is 16.7. The van der Waals surface area contributed by atoms with Crippen molar-refractivity contribution in [3.63, 3.8) is 0 Å². The van der Waals surface area contributed by atoms with E-state index in [0.717, 1.165) is 35.0 Å². The summed E-state index contributed by atoms with van der Waals surface area (Å²) in [6.45, 7) is 2.83. The number of ether oxygens (including phenoxy) is 1. The molecule has 0 radical (unpaired) electrons. The maximum absolute atomic E-state index is 13.5. The number of rotatable bonds is 5. The van der Waals surface area contributed by atoms with Gasteiger partial charge < -0.3 is 15.0 Å². The van der Waals surface area contributed by atoms with Crippen molar-refractivity contribution in [1.82, 2.24) is 9.78 Å². The number of hydrogen-bond donors (Lipinski definition) is 1. The van der Waals surface area contributed by atoms with E-state index in [2.05, 4.69) is 10.2 Å². The van der Waals surface area contributed by atoms with Crippen molar-refractivity contribution in [2.45, 2.75) is 0 Å². The van der Waals surface area contributed by atoms with Crippen LogP contribution < -0.4 is 10.2 Å². The van der Waals surface area contributed by atoms with E-state index in [1.54, 1.807) is 22.1 Å². The van der Waals surface area contributed by atoms with Crippen LogP contribution in [0.4, 0.5) is 11.4 Å². The number of para-hydroxylation sites is 1. The van der Waals surface area contributed by atoms with Crippen LogP contribution in [0.1, 0.15) is 10.5 Å². The number of aromatic nitrogens is 2. The molecule has 4 aromatic rings. The fraction of sp³-hybridized carbons (Fsp3) is 0.167. The molecule has 1 saturated heterocycles. The summed E-state index contributed by atoms with van der Waals surface area (Å²) in [5.74, 6) is -0.249. The maximum atomic E-state index is 13.5. The normalized spacial score (nSPS) is 13.8. The lowest BCUT2D eigenvalue weighted by atomic mass is 10.2. The van der Waals surface area contributed by atoms with E-state index >= 15 is 0 Å². The van der Waals surface area contributed by atoms with E-state index in [9.17, 15) is 4.79 Å². The first-order valence-corrected chi connectivity index (χ1v) is 11.6. The number of carbonyl (C=O) groups is 1. The number of halogens is 1. The third kappa shape index (κ3) is 4.27. The molecule has 1 fully saturated rings. The Bertz CT molecular complexity index is 1220. The summed E-state index contributed by atoms with van der Waals surface area (Å²) in [6, 6.07) is 21.0. The maximum Gasteiger partial charge on any atom is 0.274 e. The molecular weight excluding hydrogens is 444 g/mol. The fourth-order valence-electron chi connectivity index (χ4n) is 3.73. The second-order valence-corrected chi connectivity index (χ2v) is 8.74. The SMILES string of the molecule is O=C(Nc1cc(Cl)ccc1N1CCOCC1)c1cc(-c2cccs2)nn1-c1ccccc1. The van der Waals surface area contributed by atoms with Gasteiger partial charge in [0.05, 0.1) is 35.2 Å². The summed E-state index contributed by atoms with van der Waals surface area (Å²) in [5, 5.41) is 10.4. The highest BCUT2D eigenvalue weighted by atomic mass is 35.5. The lowest BCUT2D eigenvalue weighted by Gasteiger charge is -2.30. The number of morpholine rings is 1. The highest BCUT2D eigenvalue weighted by Gasteiger charge is 2.21. The van der Waals surface area contributed by atoms with Gasteiger partial charge in [0.1, 0.15) is 11.4 Å². The van der Waals surface area contributed by atoms with Gasteiger partial charge in [0.2, 0.25) is 0 Å². The number of hydrogen-bond acceptors (Lipinski definition) is 5. The van der Waals surface area contributed by atoms with Crippen LogP contribution in [0, 0.1) is 0 Å². The van der Waals surface area contributed by atoms with Crippen LogP contribution in [0.5, 0.6) is 0 Å². The van der Waals surface area contributed by atoms with Gasteiger partial charge in [0.15, 0.2) is 0 Å². The second kappa shape index (κ2) is 9.16. The van der Waals surface area contributed by atoms with Gasteiger partial charge in [-0.05, 0) is 47.8 Å². The van der Waals surface area contributed by atoms with Crippen molar-refractivity contribution in [3.8, 4) is 16.3 Å². The molecular formula is C24H21ClN4O2S. The van der Waals surface area contributed by atoms with Crippen LogP contribution in [0.2, 0.25) is 5.02 Å². The summed E-state index contributed by atoms with van der Waals surface area (Å²) in [7, 11) is 0. The number of anilines is 2. The van der Waals surface area contributed by atoms with Crippen molar-refractivity contribution in [2.75, 3.05) is 36.5 Å². The Balaban J connectivity index is 1.52. The number of benzene rings is 2. The first kappa shape index (κ1) is 20.8. The Morgan fingerprint density at radius 1 is 1.03 bits per heavy atom. The third-order valence-corrected chi connectivity index (χ3v) is 6.40. The molecule has 1 aliphatic rings. The first-order chi connectivity index (χ1) is 15.7. The van der Waals surface area contributed by atoms with Crippen molar-refractivity contribution in [1.29, 1.82) is 0 Å². The predicted molar refractivity (Wildman–Crippen MR) is 129 cm³/mol. The minimum atomic E-state index is -0.249. The molecule has 1 N–H and O–H groups in total. The van der Waals surface area contributed by atoms with Gasteiger partial charge in [0.25, 0.3) is 5.91 Å². The van der Waals surface area contributed by atoms with Crippen molar-refractivity contribution in [2.24, 2.45) is 0 Å². The van der Waals surface area contributed by atoms with E-state index in [4.69, 9.17) is 21.4 Å². The molecule has 1 amide bonds. The zero-order valence-corrected chi connectivity index (χ0v) is 18.8. The molecule has 6 nitrogen and oxygen atoms in total. The van der Waals surface area contributed by atoms with E-state index < -0.39 is 0 Å². The minimum Gasteiger partial charge on any atom is -0.378 e. The second-order valence-electron chi connectivity index (χ2n) is 7.35. The number of carbonyl (C=O) groups excluding carboxylic acids is 1. The quantitative estimate of drug-likeness (QED) is 0.433. The first-order valence-electron chi connectivity index (χ1n) is 10.3. The van der Waals surface area contributed by atoms with Crippen molar-refractivity contribution < 1.29 is 9.53 Å². The molecule has 1 aliphatic heterocycles. The predicted octanol–water partition coefficient (Wildman–Crippen LogP) is 5.34. The smallest absolute Gasteiger partial charge is 0.274 e. The number of nitrogens with one attached hydrogen (secondary N) is 1. The number of nitrogens with zero attached hydrogens (tertiary/aromatic N) is 3. The standard InChI is InChI=1S/C24H21ClN4O2S/c25-17-8-9-21(28-10-12-31-13-11-28)19(15-17)26-24(30)22-16-20(23-7-4-14-32-23)27-29(22)18-5-2-1-3-6-18/h1-9,14-16H,10-13H2,(H,26,30). The third-order valence-electron chi connectivity index (χ3n) is 5.27. The zero-order chi connectivity index (χ0) is 21.9. The molecule has 0 spiro atoms. The summed E-state index contributed by atoms with van der Waals surface area (Å²) in [5.41, 5.74) is 3.62. The molecule has 0 bridgehead atoms. The Morgan fingerprint density at radius 3 is 2.59 bits per heavy atom. The van der Waals surface area contributed by atoms with Crippen LogP contribution in [0.3, 0.4) is 0 Å². The number of amides is 1. The van der Waals surface area contributed by atoms with Gasteiger partial charge in [-0.15, -0.1) is 11.3 Å². The Kier molecular flexibility index (Phi) is 5.94. The Labute approximate surface area is 195 Å². The molecule has 8 heteroatoms. The van der Waals surface area contributed by atoms with E-state index in [-0.39, 0.29) is 5.91 Å². The molecule has 5 rings (SSSR count). The van der Waals surface area contributed by atoms with E-state index in [1.807, 2.05) is 66.0 Å². The van der Waals surface area contributed by atoms with Gasteiger partial charge in [-0.25, -0.2) is 4.68 Å². The van der Waals surface area contributed by atoms with E-state index in [0.29, 0.717) is 29.6 Å². The van der Waals surface area contributed by atoms with Crippen molar-refractivity contribution >= 4 is 40.2 Å². The number of thiophene rings is 1. The molecule has 0 atom stereocenters. The Morgan fingerprint density at radius 2 is 1.84 bits per heavy atom. The average molecular weight is 465 g/mol. The van der Waals surface area contributed by atoms with Crippen LogP contribution >= 0.6 is 22.9 Å². The molecule has 0 aliphatic carbocycles. The molecule has 0 unspecified atom stereocenters. The molecule has 0 saturated carbocycles. The average Bonchev–Trinajstić information content (AvgIpc) is 3.51. The zero-order valence-electron chi connectivity index (χ0n) is 17.2. The highest BCUT2D eigenvalue weighted by molar-refractivity contribution is 7.13. The minimum absolute atomic E-state index is 0.249. The molecule has 3 heterocycles. The summed E-state index contributed by atoms with van der Waals surface area (Å²) < 4.78 is 7.16. The molecule has 162 valence electrons. The molecule has 2 aromatic carbocycles. The van der Waals surface area contributed by atoms with Gasteiger partial charge in [0, 0.05) is 18.1 Å². The largest absolute Gasteiger partial charge is 0.378 e. The lowest BCUT2D eigenvalue weighted by Crippen LogP contribution is -2.36. The summed E-state index contributed by atoms with van der Waals surface area (Å²) >= 11 is 7.86. The van der Waals surface area contributed by atoms with Crippen LogP contribution in [-0.4, -0.2) is 42.0 Å². The van der Waals surface area contributed by atoms with Gasteiger partial charge >= 0.3 is 0 Å². The van der Waals surface area contributed by atoms with Gasteiger partial charge in [-0.1, -0.05) is 35.9 Å². The van der Waals surface area contributed by atoms with Crippen molar-refractivity contribution in [3.05, 3.63) is 82.8 Å².